The van der Waals surface area contributed by atoms with E-state index in [1.807, 2.05) is 6.07 Å². The van der Waals surface area contributed by atoms with Gasteiger partial charge in [0.15, 0.2) is 0 Å². The van der Waals surface area contributed by atoms with E-state index in [0.717, 1.165) is 57.8 Å². The predicted octanol–water partition coefficient (Wildman–Crippen LogP) is 0.178. The van der Waals surface area contributed by atoms with E-state index in [4.69, 9.17) is 15.5 Å². The molecular weight excluding hydrogens is 332 g/mol. The lowest BCUT2D eigenvalue weighted by molar-refractivity contribution is -0.0277. The van der Waals surface area contributed by atoms with E-state index in [1.54, 1.807) is 0 Å². The van der Waals surface area contributed by atoms with Crippen LogP contribution in [0.1, 0.15) is 19.3 Å². The van der Waals surface area contributed by atoms with E-state index in [1.165, 1.54) is 0 Å². The summed E-state index contributed by atoms with van der Waals surface area (Å²) in [4.78, 5) is 16.1. The van der Waals surface area contributed by atoms with Crippen LogP contribution in [0.3, 0.4) is 0 Å². The van der Waals surface area contributed by atoms with Crippen LogP contribution < -0.4 is 15.5 Å². The minimum atomic E-state index is 0.0229. The first kappa shape index (κ1) is 17.8. The van der Waals surface area contributed by atoms with Crippen molar-refractivity contribution in [2.45, 2.75) is 25.3 Å². The Hall–Kier alpha value is -1.64. The van der Waals surface area contributed by atoms with Crippen molar-refractivity contribution in [3.05, 3.63) is 6.07 Å². The second-order valence-corrected chi connectivity index (χ2v) is 7.87. The van der Waals surface area contributed by atoms with Gasteiger partial charge in [-0.3, -0.25) is 0 Å². The van der Waals surface area contributed by atoms with Crippen LogP contribution in [0.2, 0.25) is 0 Å². The highest BCUT2D eigenvalue weighted by molar-refractivity contribution is 5.53. The van der Waals surface area contributed by atoms with Crippen LogP contribution in [-0.4, -0.2) is 85.6 Å². The summed E-state index contributed by atoms with van der Waals surface area (Å²) in [5.74, 6) is 2.09. The Balaban J connectivity index is 1.57. The fraction of sp³-hybridized carbons (Fsp3) is 0.778. The molecule has 0 saturated carbocycles. The van der Waals surface area contributed by atoms with E-state index >= 15 is 0 Å². The van der Waals surface area contributed by atoms with Gasteiger partial charge < -0.3 is 30.3 Å². The van der Waals surface area contributed by atoms with Gasteiger partial charge in [0.1, 0.15) is 11.6 Å². The molecule has 8 heteroatoms. The number of fused-ring (bicyclic) bond motifs is 1. The first-order valence-electron chi connectivity index (χ1n) is 9.65. The predicted molar refractivity (Wildman–Crippen MR) is 101 cm³/mol. The number of rotatable bonds is 3. The molecule has 3 aliphatic rings. The smallest absolute Gasteiger partial charge is 0.229 e. The average Bonchev–Trinajstić information content (AvgIpc) is 2.68. The van der Waals surface area contributed by atoms with E-state index < -0.39 is 0 Å². The number of ether oxygens (including phenoxy) is 1. The molecule has 0 bridgehead atoms. The number of hydrogen-bond acceptors (Lipinski definition) is 8. The van der Waals surface area contributed by atoms with Gasteiger partial charge in [-0.15, -0.1) is 0 Å². The quantitative estimate of drug-likeness (QED) is 0.787. The highest BCUT2D eigenvalue weighted by Gasteiger charge is 2.46. The zero-order valence-electron chi connectivity index (χ0n) is 15.6. The van der Waals surface area contributed by atoms with E-state index in [9.17, 15) is 5.11 Å². The number of morpholine rings is 1. The molecule has 0 radical (unpaired) electrons. The number of nitrogen functional groups attached to an aromatic ring is 1. The molecule has 144 valence electrons. The summed E-state index contributed by atoms with van der Waals surface area (Å²) in [6.07, 6.45) is 3.25. The van der Waals surface area contributed by atoms with E-state index in [0.29, 0.717) is 31.0 Å². The van der Waals surface area contributed by atoms with Crippen LogP contribution in [0.5, 0.6) is 0 Å². The third-order valence-corrected chi connectivity index (χ3v) is 6.35. The number of piperidine rings is 2. The lowest BCUT2D eigenvalue weighted by Crippen LogP contribution is -2.61. The summed E-state index contributed by atoms with van der Waals surface area (Å²) in [6.45, 7) is 6.10. The van der Waals surface area contributed by atoms with Crippen molar-refractivity contribution < 1.29 is 9.84 Å². The third kappa shape index (κ3) is 3.21. The number of aromatic nitrogens is 2. The van der Waals surface area contributed by atoms with Gasteiger partial charge in [-0.2, -0.15) is 9.97 Å². The Morgan fingerprint density at radius 3 is 2.77 bits per heavy atom. The van der Waals surface area contributed by atoms with Crippen LogP contribution >= 0.6 is 0 Å². The third-order valence-electron chi connectivity index (χ3n) is 6.35. The van der Waals surface area contributed by atoms with Crippen molar-refractivity contribution in [1.29, 1.82) is 0 Å². The molecular formula is C18H30N6O2. The van der Waals surface area contributed by atoms with Crippen molar-refractivity contribution in [2.24, 2.45) is 5.41 Å². The fourth-order valence-electron chi connectivity index (χ4n) is 4.73. The molecule has 0 aliphatic carbocycles. The summed E-state index contributed by atoms with van der Waals surface area (Å²) in [7, 11) is 2.17. The van der Waals surface area contributed by atoms with Crippen LogP contribution in [0, 0.1) is 5.41 Å². The minimum absolute atomic E-state index is 0.0229. The first-order valence-corrected chi connectivity index (χ1v) is 9.65. The first-order chi connectivity index (χ1) is 12.6. The summed E-state index contributed by atoms with van der Waals surface area (Å²) in [6, 6.07) is 2.22. The standard InChI is InChI=1S/C18H30N6O2/c1-22-5-2-3-18(13-25)4-6-24(12-14(18)22)16-11-15(19)20-17(21-16)23-7-9-26-10-8-23/h11,14,25H,2-10,12-13H2,1H3,(H2,19,20,21)/t14-,18-/m1/s1. The SMILES string of the molecule is CN1CCC[C@]2(CO)CCN(c3cc(N)nc(N4CCOCC4)n3)C[C@@H]12. The number of nitrogens with two attached hydrogens (primary N) is 1. The maximum absolute atomic E-state index is 10.1. The summed E-state index contributed by atoms with van der Waals surface area (Å²) in [5.41, 5.74) is 6.12. The normalized spacial score (nSPS) is 30.3. The molecule has 1 aromatic rings. The second kappa shape index (κ2) is 7.17. The van der Waals surface area contributed by atoms with E-state index in [-0.39, 0.29) is 12.0 Å². The van der Waals surface area contributed by atoms with Gasteiger partial charge in [0, 0.05) is 43.7 Å². The molecule has 0 amide bonds. The minimum Gasteiger partial charge on any atom is -0.396 e. The Labute approximate surface area is 154 Å². The Kier molecular flexibility index (Phi) is 4.90. The molecule has 3 N–H and O–H groups in total. The van der Waals surface area contributed by atoms with Crippen molar-refractivity contribution in [1.82, 2.24) is 14.9 Å². The van der Waals surface area contributed by atoms with Gasteiger partial charge in [0.05, 0.1) is 19.8 Å². The van der Waals surface area contributed by atoms with E-state index in [2.05, 4.69) is 26.7 Å². The average molecular weight is 362 g/mol. The second-order valence-electron chi connectivity index (χ2n) is 7.87. The van der Waals surface area contributed by atoms with Gasteiger partial charge in [-0.05, 0) is 32.9 Å². The van der Waals surface area contributed by atoms with Crippen LogP contribution in [0.25, 0.3) is 0 Å². The topological polar surface area (TPSA) is 91.0 Å². The van der Waals surface area contributed by atoms with Crippen LogP contribution in [0.15, 0.2) is 6.07 Å². The van der Waals surface area contributed by atoms with Gasteiger partial charge in [0.2, 0.25) is 5.95 Å². The lowest BCUT2D eigenvalue weighted by atomic mass is 9.69. The van der Waals surface area contributed by atoms with Gasteiger partial charge >= 0.3 is 0 Å². The lowest BCUT2D eigenvalue weighted by Gasteiger charge is -2.53. The molecule has 2 atom stereocenters. The zero-order chi connectivity index (χ0) is 18.1. The molecule has 0 unspecified atom stereocenters. The summed E-state index contributed by atoms with van der Waals surface area (Å²) < 4.78 is 5.42. The molecule has 3 fully saturated rings. The van der Waals surface area contributed by atoms with Gasteiger partial charge in [-0.1, -0.05) is 0 Å². The molecule has 8 nitrogen and oxygen atoms in total. The molecule has 0 aromatic carbocycles. The van der Waals surface area contributed by atoms with Crippen LogP contribution in [-0.2, 0) is 4.74 Å². The molecule has 4 rings (SSSR count). The van der Waals surface area contributed by atoms with Gasteiger partial charge in [0.25, 0.3) is 0 Å². The summed E-state index contributed by atoms with van der Waals surface area (Å²) >= 11 is 0. The summed E-state index contributed by atoms with van der Waals surface area (Å²) in [5, 5.41) is 10.1. The van der Waals surface area contributed by atoms with Crippen molar-refractivity contribution >= 4 is 17.6 Å². The Morgan fingerprint density at radius 1 is 1.19 bits per heavy atom. The zero-order valence-corrected chi connectivity index (χ0v) is 15.6. The Morgan fingerprint density at radius 2 is 2.00 bits per heavy atom. The molecule has 26 heavy (non-hydrogen) atoms. The number of aliphatic hydroxyl groups excluding tert-OH is 1. The largest absolute Gasteiger partial charge is 0.396 e. The molecule has 3 saturated heterocycles. The Bertz CT molecular complexity index is 638. The number of anilines is 3. The van der Waals surface area contributed by atoms with Crippen LogP contribution in [0.4, 0.5) is 17.6 Å². The number of likely N-dealkylation sites (tertiary alicyclic amines) is 1. The fourth-order valence-corrected chi connectivity index (χ4v) is 4.73. The van der Waals surface area contributed by atoms with Crippen molar-refractivity contribution in [3.63, 3.8) is 0 Å². The number of likely N-dealkylation sites (N-methyl/N-ethyl adjacent to an activating group) is 1. The molecule has 4 heterocycles. The highest BCUT2D eigenvalue weighted by Crippen LogP contribution is 2.42. The maximum atomic E-state index is 10.1. The number of hydrogen-bond donors (Lipinski definition) is 2. The highest BCUT2D eigenvalue weighted by atomic mass is 16.5. The number of aliphatic hydroxyl groups is 1. The van der Waals surface area contributed by atoms with Crippen molar-refractivity contribution in [2.75, 3.05) is 75.1 Å². The van der Waals surface area contributed by atoms with Gasteiger partial charge in [-0.25, -0.2) is 0 Å². The maximum Gasteiger partial charge on any atom is 0.229 e. The molecule has 0 spiro atoms. The monoisotopic (exact) mass is 362 g/mol. The molecule has 1 aromatic heterocycles. The molecule has 3 aliphatic heterocycles. The number of nitrogens with zero attached hydrogens (tertiary/aromatic N) is 5. The van der Waals surface area contributed by atoms with Crippen molar-refractivity contribution in [3.8, 4) is 0 Å².